The van der Waals surface area contributed by atoms with Crippen LogP contribution < -0.4 is 9.47 Å². The first-order valence-electron chi connectivity index (χ1n) is 27.5. The molecule has 4 aromatic carbocycles. The van der Waals surface area contributed by atoms with E-state index in [2.05, 4.69) is 159 Å². The molecule has 1 aliphatic rings. The minimum Gasteiger partial charge on any atom is -0.507 e. The van der Waals surface area contributed by atoms with Crippen LogP contribution in [0.5, 0.6) is 23.0 Å². The van der Waals surface area contributed by atoms with Crippen LogP contribution in [0.15, 0.2) is 48.5 Å². The molecular weight excluding hydrogens is 893 g/mol. The van der Waals surface area contributed by atoms with Crippen molar-refractivity contribution in [2.24, 2.45) is 0 Å². The highest BCUT2D eigenvalue weighted by molar-refractivity contribution is 5.78. The summed E-state index contributed by atoms with van der Waals surface area (Å²) in [6.07, 6.45) is 9.00. The number of amides is 2. The number of phenols is 2. The highest BCUT2D eigenvalue weighted by Gasteiger charge is 2.30. The molecule has 0 saturated heterocycles. The second-order valence-corrected chi connectivity index (χ2v) is 25.0. The van der Waals surface area contributed by atoms with Crippen LogP contribution in [0.1, 0.15) is 229 Å². The van der Waals surface area contributed by atoms with Gasteiger partial charge in [0.2, 0.25) is 0 Å². The Labute approximate surface area is 436 Å². The van der Waals surface area contributed by atoms with E-state index in [0.717, 1.165) is 118 Å². The van der Waals surface area contributed by atoms with E-state index in [0.29, 0.717) is 63.4 Å². The van der Waals surface area contributed by atoms with E-state index in [1.807, 2.05) is 9.80 Å². The highest BCUT2D eigenvalue weighted by atomic mass is 16.5. The fourth-order valence-corrected chi connectivity index (χ4v) is 9.59. The molecule has 0 saturated carbocycles. The Bertz CT molecular complexity index is 2300. The van der Waals surface area contributed by atoms with Crippen molar-refractivity contribution in [1.29, 1.82) is 0 Å². The Morgan fingerprint density at radius 3 is 0.833 bits per heavy atom. The van der Waals surface area contributed by atoms with Crippen molar-refractivity contribution in [3.8, 4) is 23.0 Å². The fourth-order valence-electron chi connectivity index (χ4n) is 9.59. The van der Waals surface area contributed by atoms with E-state index in [9.17, 15) is 19.8 Å². The van der Waals surface area contributed by atoms with Gasteiger partial charge >= 0.3 is 0 Å². The maximum absolute atomic E-state index is 14.3. The van der Waals surface area contributed by atoms with Gasteiger partial charge in [-0.3, -0.25) is 9.59 Å². The zero-order valence-electron chi connectivity index (χ0n) is 47.8. The lowest BCUT2D eigenvalue weighted by atomic mass is 9.79. The van der Waals surface area contributed by atoms with Crippen molar-refractivity contribution < 1.29 is 29.3 Å². The Morgan fingerprint density at radius 1 is 0.403 bits per heavy atom. The summed E-state index contributed by atoms with van der Waals surface area (Å²) in [6.45, 7) is 37.5. The Morgan fingerprint density at radius 2 is 0.611 bits per heavy atom. The van der Waals surface area contributed by atoms with Crippen LogP contribution in [0.25, 0.3) is 0 Å². The number of ether oxygens (including phenoxy) is 2. The molecule has 1 aliphatic carbocycles. The topological polar surface area (TPSA) is 99.5 Å². The number of hydrogen-bond acceptors (Lipinski definition) is 6. The van der Waals surface area contributed by atoms with Crippen molar-refractivity contribution >= 4 is 11.8 Å². The summed E-state index contributed by atoms with van der Waals surface area (Å²) < 4.78 is 14.0. The van der Waals surface area contributed by atoms with Gasteiger partial charge < -0.3 is 29.5 Å². The molecule has 72 heavy (non-hydrogen) atoms. The number of carbonyl (C=O) groups is 2. The van der Waals surface area contributed by atoms with Crippen molar-refractivity contribution in [2.75, 3.05) is 39.4 Å². The van der Waals surface area contributed by atoms with Gasteiger partial charge in [-0.25, -0.2) is 0 Å². The predicted octanol–water partition coefficient (Wildman–Crippen LogP) is 14.6. The van der Waals surface area contributed by atoms with Gasteiger partial charge in [0.05, 0.1) is 0 Å². The third-order valence-corrected chi connectivity index (χ3v) is 14.5. The molecular formula is C64H94N2O6. The van der Waals surface area contributed by atoms with Crippen molar-refractivity contribution in [2.45, 2.75) is 209 Å². The minimum atomic E-state index is -0.272. The third-order valence-electron chi connectivity index (χ3n) is 14.5. The number of aromatic hydroxyl groups is 2. The first kappa shape index (κ1) is 57.9. The van der Waals surface area contributed by atoms with Gasteiger partial charge in [0, 0.05) is 51.9 Å². The van der Waals surface area contributed by atoms with Gasteiger partial charge in [0.15, 0.2) is 13.2 Å². The van der Waals surface area contributed by atoms with Crippen molar-refractivity contribution in [3.63, 3.8) is 0 Å². The summed E-state index contributed by atoms with van der Waals surface area (Å²) in [5.41, 5.74) is 9.86. The molecule has 0 aromatic heterocycles. The molecule has 8 bridgehead atoms. The lowest BCUT2D eigenvalue weighted by molar-refractivity contribution is -0.134. The van der Waals surface area contributed by atoms with Gasteiger partial charge in [0.1, 0.15) is 23.0 Å². The monoisotopic (exact) mass is 987 g/mol. The quantitative estimate of drug-likeness (QED) is 0.0907. The largest absolute Gasteiger partial charge is 0.507 e. The molecule has 0 unspecified atom stereocenters. The summed E-state index contributed by atoms with van der Waals surface area (Å²) in [5, 5.41) is 25.1. The summed E-state index contributed by atoms with van der Waals surface area (Å²) in [5.74, 6) is 1.57. The van der Waals surface area contributed by atoms with Crippen molar-refractivity contribution in [3.05, 3.63) is 115 Å². The van der Waals surface area contributed by atoms with Gasteiger partial charge in [-0.1, -0.05) is 185 Å². The number of rotatable bonds is 18. The second kappa shape index (κ2) is 24.4. The van der Waals surface area contributed by atoms with Crippen LogP contribution in [0, 0.1) is 0 Å². The highest BCUT2D eigenvalue weighted by Crippen LogP contribution is 2.44. The fraction of sp³-hybridized carbons (Fsp3) is 0.594. The van der Waals surface area contributed by atoms with Crippen molar-refractivity contribution in [1.82, 2.24) is 9.80 Å². The molecule has 0 fully saturated rings. The number of fused-ring (bicyclic) bond motifs is 8. The second-order valence-electron chi connectivity index (χ2n) is 25.0. The average molecular weight is 987 g/mol. The van der Waals surface area contributed by atoms with Gasteiger partial charge in [-0.15, -0.1) is 0 Å². The molecule has 2 N–H and O–H groups in total. The van der Waals surface area contributed by atoms with Crippen LogP contribution in [0.2, 0.25) is 0 Å². The third kappa shape index (κ3) is 15.1. The molecule has 5 rings (SSSR count). The Kier molecular flexibility index (Phi) is 19.6. The first-order chi connectivity index (χ1) is 33.7. The number of hydrogen-bond donors (Lipinski definition) is 2. The van der Waals surface area contributed by atoms with Gasteiger partial charge in [0.25, 0.3) is 11.8 Å². The average Bonchev–Trinajstić information content (AvgIpc) is 3.28. The number of unbranched alkanes of at least 4 members (excludes halogenated alkanes) is 4. The SMILES string of the molecule is CCCCN(CCCC)C(=O)COc1c2cc(C(C)(C)C)cc1Cc1cc(C(C)(C)C)cc(c1OCC(=O)N(CCCC)CCCC)Cc1cc(C(C)(C)C)cc(c1O)Cc1cc(C(C)(C)C)cc(c1O)C2. The number of nitrogens with zero attached hydrogens (tertiary/aromatic N) is 2. The number of carbonyl (C=O) groups excluding carboxylic acids is 2. The smallest absolute Gasteiger partial charge is 0.260 e. The standard InChI is InChI=1S/C64H94N2O6/c1-17-21-25-65(26-22-18-2)55(67)41-71-59-47-30-45-35-51(61(5,6)7)33-43(57(45)69)29-44-34-52(62(8,9)10)36-46(58(44)70)31-48-38-54(64(14,15)16)40-50(32-49(59)39-53(37-47)63(11,12)13)60(48)72-42-56(68)66(27-23-19-3)28-24-20-4/h33-40,69-70H,17-32,41-42H2,1-16H3. The van der Waals surface area contributed by atoms with E-state index in [-0.39, 0.29) is 58.2 Å². The lowest BCUT2D eigenvalue weighted by Crippen LogP contribution is -2.36. The molecule has 4 aromatic rings. The Hall–Kier alpha value is -4.98. The van der Waals surface area contributed by atoms with E-state index in [4.69, 9.17) is 9.47 Å². The predicted molar refractivity (Wildman–Crippen MR) is 299 cm³/mol. The lowest BCUT2D eigenvalue weighted by Gasteiger charge is -2.29. The maximum atomic E-state index is 14.3. The number of phenolic OH excluding ortho intramolecular Hbond substituents is 2. The van der Waals surface area contributed by atoms with Crippen LogP contribution >= 0.6 is 0 Å². The van der Waals surface area contributed by atoms with Crippen LogP contribution in [0.4, 0.5) is 0 Å². The summed E-state index contributed by atoms with van der Waals surface area (Å²) in [4.78, 5) is 32.6. The molecule has 0 spiro atoms. The summed E-state index contributed by atoms with van der Waals surface area (Å²) in [7, 11) is 0. The number of benzene rings is 4. The molecule has 396 valence electrons. The molecule has 0 radical (unpaired) electrons. The zero-order valence-corrected chi connectivity index (χ0v) is 47.8. The van der Waals surface area contributed by atoms with Crippen LogP contribution in [-0.4, -0.2) is 71.2 Å². The zero-order chi connectivity index (χ0) is 53.3. The van der Waals surface area contributed by atoms with E-state index in [1.54, 1.807) is 0 Å². The first-order valence-corrected chi connectivity index (χ1v) is 27.5. The normalized spacial score (nSPS) is 13.2. The molecule has 0 aliphatic heterocycles. The summed E-state index contributed by atoms with van der Waals surface area (Å²) in [6, 6.07) is 17.3. The molecule has 0 heterocycles. The van der Waals surface area contributed by atoms with Crippen LogP contribution in [0.3, 0.4) is 0 Å². The van der Waals surface area contributed by atoms with Gasteiger partial charge in [-0.2, -0.15) is 0 Å². The molecule has 2 amide bonds. The van der Waals surface area contributed by atoms with E-state index in [1.165, 1.54) is 0 Å². The maximum Gasteiger partial charge on any atom is 0.260 e. The van der Waals surface area contributed by atoms with Crippen LogP contribution in [-0.2, 0) is 56.9 Å². The van der Waals surface area contributed by atoms with E-state index >= 15 is 0 Å². The summed E-state index contributed by atoms with van der Waals surface area (Å²) >= 11 is 0. The molecule has 0 atom stereocenters. The minimum absolute atomic E-state index is 0.0402. The van der Waals surface area contributed by atoms with Gasteiger partial charge in [-0.05, 0) is 114 Å². The van der Waals surface area contributed by atoms with E-state index < -0.39 is 0 Å². The Balaban J connectivity index is 1.90. The molecule has 8 heteroatoms. The molecule has 8 nitrogen and oxygen atoms in total.